The molecule has 0 radical (unpaired) electrons. The topological polar surface area (TPSA) is 67.8 Å². The molecule has 0 saturated heterocycles. The van der Waals surface area contributed by atoms with Gasteiger partial charge in [-0.2, -0.15) is 10.5 Å². The first-order chi connectivity index (χ1) is 8.77. The van der Waals surface area contributed by atoms with E-state index in [-0.39, 0.29) is 0 Å². The Morgan fingerprint density at radius 3 is 2.22 bits per heavy atom. The summed E-state index contributed by atoms with van der Waals surface area (Å²) in [7, 11) is 0. The predicted molar refractivity (Wildman–Crippen MR) is 66.4 cm³/mol. The van der Waals surface area contributed by atoms with E-state index >= 15 is 0 Å². The van der Waals surface area contributed by atoms with Crippen LogP contribution in [0.4, 0.5) is 0 Å². The summed E-state index contributed by atoms with van der Waals surface area (Å²) in [6, 6.07) is 15.5. The molecule has 2 aromatic carbocycles. The molecule has 0 heterocycles. The van der Waals surface area contributed by atoms with Crippen LogP contribution in [-0.2, 0) is 0 Å². The standard InChI is InChI=1S/C15H10N2O/c16-7-10(8-17)14-11-5-1-3-9-4-2-6-12(13(9)11)15(14)18/h1-6,10,14-15,18H. The smallest absolute Gasteiger partial charge is 0.143 e. The maximum atomic E-state index is 10.4. The molecular weight excluding hydrogens is 224 g/mol. The Kier molecular flexibility index (Phi) is 2.30. The van der Waals surface area contributed by atoms with Crippen molar-refractivity contribution in [1.82, 2.24) is 0 Å². The van der Waals surface area contributed by atoms with E-state index in [9.17, 15) is 5.11 Å². The van der Waals surface area contributed by atoms with Crippen LogP contribution in [0.15, 0.2) is 36.4 Å². The number of rotatable bonds is 1. The molecule has 0 aromatic heterocycles. The summed E-state index contributed by atoms with van der Waals surface area (Å²) in [6.45, 7) is 0. The van der Waals surface area contributed by atoms with E-state index in [2.05, 4.69) is 0 Å². The molecular formula is C15H10N2O. The second kappa shape index (κ2) is 3.84. The van der Waals surface area contributed by atoms with Crippen LogP contribution in [0.25, 0.3) is 10.8 Å². The highest BCUT2D eigenvalue weighted by atomic mass is 16.3. The van der Waals surface area contributed by atoms with Gasteiger partial charge in [0.15, 0.2) is 0 Å². The fraction of sp³-hybridized carbons (Fsp3) is 0.200. The fourth-order valence-electron chi connectivity index (χ4n) is 2.84. The van der Waals surface area contributed by atoms with Gasteiger partial charge in [0, 0.05) is 5.92 Å². The molecule has 2 unspecified atom stereocenters. The van der Waals surface area contributed by atoms with Gasteiger partial charge in [0.25, 0.3) is 0 Å². The van der Waals surface area contributed by atoms with Gasteiger partial charge in [0.2, 0.25) is 0 Å². The van der Waals surface area contributed by atoms with Gasteiger partial charge in [-0.1, -0.05) is 36.4 Å². The number of benzene rings is 2. The average Bonchev–Trinajstić information content (AvgIpc) is 2.69. The maximum Gasteiger partial charge on any atom is 0.143 e. The van der Waals surface area contributed by atoms with Crippen molar-refractivity contribution in [3.8, 4) is 12.1 Å². The minimum absolute atomic E-state index is 0.443. The summed E-state index contributed by atoms with van der Waals surface area (Å²) < 4.78 is 0. The lowest BCUT2D eigenvalue weighted by molar-refractivity contribution is 0.144. The van der Waals surface area contributed by atoms with Crippen LogP contribution >= 0.6 is 0 Å². The Morgan fingerprint density at radius 1 is 1.00 bits per heavy atom. The quantitative estimate of drug-likeness (QED) is 0.824. The molecule has 0 fully saturated rings. The first kappa shape index (κ1) is 10.8. The number of hydrogen-bond acceptors (Lipinski definition) is 3. The highest BCUT2D eigenvalue weighted by Gasteiger charge is 2.38. The Bertz CT molecular complexity index is 689. The van der Waals surface area contributed by atoms with Crippen LogP contribution < -0.4 is 0 Å². The highest BCUT2D eigenvalue weighted by molar-refractivity contribution is 5.92. The SMILES string of the molecule is N#CC(C#N)C1c2cccc3cccc(c23)C1O. The summed E-state index contributed by atoms with van der Waals surface area (Å²) in [5.41, 5.74) is 1.73. The monoisotopic (exact) mass is 234 g/mol. The third-order valence-electron chi connectivity index (χ3n) is 3.62. The molecule has 2 aromatic rings. The van der Waals surface area contributed by atoms with E-state index in [1.54, 1.807) is 0 Å². The normalized spacial score (nSPS) is 20.9. The Morgan fingerprint density at radius 2 is 1.61 bits per heavy atom. The molecule has 0 spiro atoms. The van der Waals surface area contributed by atoms with Crippen molar-refractivity contribution in [2.45, 2.75) is 12.0 Å². The Labute approximate surface area is 105 Å². The second-order valence-corrected chi connectivity index (χ2v) is 4.50. The number of aliphatic hydroxyl groups excluding tert-OH is 1. The van der Waals surface area contributed by atoms with Crippen LogP contribution in [0.3, 0.4) is 0 Å². The lowest BCUT2D eigenvalue weighted by atomic mass is 9.87. The zero-order valence-electron chi connectivity index (χ0n) is 9.54. The van der Waals surface area contributed by atoms with Gasteiger partial charge in [-0.15, -0.1) is 0 Å². The molecule has 18 heavy (non-hydrogen) atoms. The molecule has 0 aliphatic heterocycles. The van der Waals surface area contributed by atoms with Gasteiger partial charge in [-0.3, -0.25) is 0 Å². The first-order valence-electron chi connectivity index (χ1n) is 5.76. The lowest BCUT2D eigenvalue weighted by Crippen LogP contribution is -2.13. The van der Waals surface area contributed by atoms with E-state index < -0.39 is 17.9 Å². The van der Waals surface area contributed by atoms with Crippen LogP contribution in [0.5, 0.6) is 0 Å². The van der Waals surface area contributed by atoms with Crippen molar-refractivity contribution in [2.75, 3.05) is 0 Å². The number of hydrogen-bond donors (Lipinski definition) is 1. The number of nitrogens with zero attached hydrogens (tertiary/aromatic N) is 2. The summed E-state index contributed by atoms with van der Waals surface area (Å²) in [5.74, 6) is -1.26. The zero-order chi connectivity index (χ0) is 12.7. The molecule has 1 aliphatic rings. The van der Waals surface area contributed by atoms with Crippen molar-refractivity contribution < 1.29 is 5.11 Å². The minimum Gasteiger partial charge on any atom is -0.388 e. The summed E-state index contributed by atoms with van der Waals surface area (Å²) in [4.78, 5) is 0. The van der Waals surface area contributed by atoms with E-state index in [1.807, 2.05) is 48.5 Å². The Balaban J connectivity index is 2.30. The van der Waals surface area contributed by atoms with E-state index in [4.69, 9.17) is 10.5 Å². The van der Waals surface area contributed by atoms with E-state index in [0.717, 1.165) is 21.9 Å². The summed E-state index contributed by atoms with van der Waals surface area (Å²) in [5, 5.41) is 30.5. The molecule has 1 aliphatic carbocycles. The minimum atomic E-state index is -0.821. The van der Waals surface area contributed by atoms with Gasteiger partial charge in [0.1, 0.15) is 5.92 Å². The number of aliphatic hydroxyl groups is 1. The molecule has 0 amide bonds. The maximum absolute atomic E-state index is 10.4. The molecule has 1 N–H and O–H groups in total. The third-order valence-corrected chi connectivity index (χ3v) is 3.62. The predicted octanol–water partition coefficient (Wildman–Crippen LogP) is 2.63. The zero-order valence-corrected chi connectivity index (χ0v) is 9.54. The van der Waals surface area contributed by atoms with Gasteiger partial charge >= 0.3 is 0 Å². The van der Waals surface area contributed by atoms with Crippen LogP contribution in [0.2, 0.25) is 0 Å². The van der Waals surface area contributed by atoms with E-state index in [0.29, 0.717) is 0 Å². The molecule has 3 heteroatoms. The van der Waals surface area contributed by atoms with Gasteiger partial charge < -0.3 is 5.11 Å². The molecule has 0 bridgehead atoms. The van der Waals surface area contributed by atoms with Gasteiger partial charge in [0.05, 0.1) is 18.2 Å². The van der Waals surface area contributed by atoms with Crippen LogP contribution in [0, 0.1) is 28.6 Å². The molecule has 2 atom stereocenters. The average molecular weight is 234 g/mol. The fourth-order valence-corrected chi connectivity index (χ4v) is 2.84. The second-order valence-electron chi connectivity index (χ2n) is 4.50. The lowest BCUT2D eigenvalue weighted by Gasteiger charge is -2.16. The molecule has 86 valence electrons. The van der Waals surface area contributed by atoms with Crippen molar-refractivity contribution in [3.05, 3.63) is 47.5 Å². The third kappa shape index (κ3) is 1.26. The van der Waals surface area contributed by atoms with Crippen molar-refractivity contribution >= 4 is 10.8 Å². The molecule has 0 saturated carbocycles. The Hall–Kier alpha value is -2.36. The van der Waals surface area contributed by atoms with Crippen LogP contribution in [-0.4, -0.2) is 5.11 Å². The van der Waals surface area contributed by atoms with Crippen molar-refractivity contribution in [1.29, 1.82) is 10.5 Å². The molecule has 3 nitrogen and oxygen atoms in total. The largest absolute Gasteiger partial charge is 0.388 e. The highest BCUT2D eigenvalue weighted by Crippen LogP contribution is 2.48. The first-order valence-corrected chi connectivity index (χ1v) is 5.76. The number of nitriles is 2. The van der Waals surface area contributed by atoms with Gasteiger partial charge in [-0.05, 0) is 21.9 Å². The summed E-state index contributed by atoms with van der Waals surface area (Å²) in [6.07, 6.45) is -0.768. The van der Waals surface area contributed by atoms with Crippen molar-refractivity contribution in [3.63, 3.8) is 0 Å². The van der Waals surface area contributed by atoms with Crippen LogP contribution in [0.1, 0.15) is 23.1 Å². The van der Waals surface area contributed by atoms with Gasteiger partial charge in [-0.25, -0.2) is 0 Å². The molecule has 3 rings (SSSR count). The van der Waals surface area contributed by atoms with E-state index in [1.165, 1.54) is 0 Å². The summed E-state index contributed by atoms with van der Waals surface area (Å²) >= 11 is 0. The van der Waals surface area contributed by atoms with Crippen molar-refractivity contribution in [2.24, 2.45) is 5.92 Å².